The van der Waals surface area contributed by atoms with Crippen molar-refractivity contribution in [3.63, 3.8) is 0 Å². The quantitative estimate of drug-likeness (QED) is 0.656. The zero-order valence-electron chi connectivity index (χ0n) is 19.9. The Morgan fingerprint density at radius 1 is 1.15 bits per heavy atom. The Kier molecular flexibility index (Phi) is 7.51. The topological polar surface area (TPSA) is 71.1 Å². The number of halogens is 1. The molecule has 2 aliphatic rings. The van der Waals surface area contributed by atoms with Crippen molar-refractivity contribution in [1.82, 2.24) is 10.2 Å². The van der Waals surface area contributed by atoms with Gasteiger partial charge in [0.25, 0.3) is 0 Å². The van der Waals surface area contributed by atoms with Gasteiger partial charge in [0, 0.05) is 30.6 Å². The van der Waals surface area contributed by atoms with Crippen LogP contribution in [0.15, 0.2) is 42.5 Å². The van der Waals surface area contributed by atoms with Crippen molar-refractivity contribution >= 4 is 29.2 Å². The van der Waals surface area contributed by atoms with Gasteiger partial charge in [0.2, 0.25) is 5.91 Å². The number of hydrogen-bond donors (Lipinski definition) is 1. The van der Waals surface area contributed by atoms with Crippen LogP contribution in [0.2, 0.25) is 5.02 Å². The van der Waals surface area contributed by atoms with Gasteiger partial charge in [0.05, 0.1) is 18.3 Å². The van der Waals surface area contributed by atoms with E-state index in [1.165, 1.54) is 0 Å². The van der Waals surface area contributed by atoms with Gasteiger partial charge in [-0.2, -0.15) is 0 Å². The second-order valence-electron chi connectivity index (χ2n) is 9.22. The van der Waals surface area contributed by atoms with Crippen LogP contribution >= 0.6 is 11.6 Å². The predicted octanol–water partition coefficient (Wildman–Crippen LogP) is 4.86. The van der Waals surface area contributed by atoms with E-state index >= 15 is 0 Å². The van der Waals surface area contributed by atoms with Crippen LogP contribution in [0.3, 0.4) is 0 Å². The number of piperidine rings is 1. The van der Waals surface area contributed by atoms with E-state index in [1.807, 2.05) is 49.9 Å². The van der Waals surface area contributed by atoms with E-state index in [0.717, 1.165) is 11.3 Å². The lowest BCUT2D eigenvalue weighted by Gasteiger charge is -2.39. The summed E-state index contributed by atoms with van der Waals surface area (Å²) in [6.07, 6.45) is 1.30. The number of urea groups is 1. The van der Waals surface area contributed by atoms with E-state index in [2.05, 4.69) is 5.32 Å². The number of ether oxygens (including phenoxy) is 2. The molecule has 1 N–H and O–H groups in total. The molecule has 1 fully saturated rings. The van der Waals surface area contributed by atoms with Crippen molar-refractivity contribution in [3.05, 3.63) is 53.1 Å². The number of fused-ring (bicyclic) bond motifs is 1. The van der Waals surface area contributed by atoms with Gasteiger partial charge >= 0.3 is 6.03 Å². The molecule has 2 aromatic rings. The molecule has 34 heavy (non-hydrogen) atoms. The molecular formula is C26H32ClN3O4. The Morgan fingerprint density at radius 2 is 1.85 bits per heavy atom. The van der Waals surface area contributed by atoms with Crippen molar-refractivity contribution in [3.8, 4) is 11.5 Å². The third kappa shape index (κ3) is 5.76. The Hall–Kier alpha value is -2.93. The Morgan fingerprint density at radius 3 is 2.53 bits per heavy atom. The van der Waals surface area contributed by atoms with Crippen LogP contribution in [0.1, 0.15) is 39.2 Å². The number of nitrogens with one attached hydrogen (secondary N) is 1. The largest absolute Gasteiger partial charge is 0.491 e. The predicted molar refractivity (Wildman–Crippen MR) is 133 cm³/mol. The zero-order chi connectivity index (χ0) is 24.2. The molecule has 0 saturated carbocycles. The highest BCUT2D eigenvalue weighted by Gasteiger charge is 2.34. The molecular weight excluding hydrogens is 454 g/mol. The molecule has 3 amide bonds. The minimum Gasteiger partial charge on any atom is -0.491 e. The van der Waals surface area contributed by atoms with E-state index in [1.54, 1.807) is 23.1 Å². The summed E-state index contributed by atoms with van der Waals surface area (Å²) in [5, 5.41) is 3.60. The van der Waals surface area contributed by atoms with Crippen LogP contribution in [-0.2, 0) is 11.3 Å². The fourth-order valence-corrected chi connectivity index (χ4v) is 4.55. The van der Waals surface area contributed by atoms with Crippen molar-refractivity contribution in [1.29, 1.82) is 0 Å². The van der Waals surface area contributed by atoms with Crippen LogP contribution in [0.4, 0.5) is 10.5 Å². The molecule has 182 valence electrons. The minimum absolute atomic E-state index is 0.0340. The van der Waals surface area contributed by atoms with Gasteiger partial charge in [0.15, 0.2) is 0 Å². The first kappa shape index (κ1) is 24.2. The van der Waals surface area contributed by atoms with Gasteiger partial charge in [-0.1, -0.05) is 23.7 Å². The maximum atomic E-state index is 13.3. The first-order valence-electron chi connectivity index (χ1n) is 11.9. The molecule has 1 saturated heterocycles. The Labute approximate surface area is 206 Å². The summed E-state index contributed by atoms with van der Waals surface area (Å²) in [6.45, 7) is 7.95. The second kappa shape index (κ2) is 10.6. The first-order chi connectivity index (χ1) is 16.3. The first-order valence-corrected chi connectivity index (χ1v) is 12.2. The number of rotatable bonds is 5. The molecule has 0 aliphatic carbocycles. The van der Waals surface area contributed by atoms with Gasteiger partial charge in [-0.15, -0.1) is 0 Å². The SMILES string of the molecule is CC(C)Oc1ccc(CNC(=O)C2CCN(C(=O)N3C[C@@H](C)Oc4ccc(Cl)cc43)CC2)cc1. The smallest absolute Gasteiger partial charge is 0.324 e. The summed E-state index contributed by atoms with van der Waals surface area (Å²) in [5.74, 6) is 1.42. The maximum absolute atomic E-state index is 13.3. The summed E-state index contributed by atoms with van der Waals surface area (Å²) in [5.41, 5.74) is 1.72. The summed E-state index contributed by atoms with van der Waals surface area (Å²) < 4.78 is 11.5. The molecule has 7 nitrogen and oxygen atoms in total. The van der Waals surface area contributed by atoms with Crippen molar-refractivity contribution in [2.24, 2.45) is 5.92 Å². The number of carbonyl (C=O) groups excluding carboxylic acids is 2. The summed E-state index contributed by atoms with van der Waals surface area (Å²) in [7, 11) is 0. The number of anilines is 1. The normalized spacial score (nSPS) is 18.3. The second-order valence-corrected chi connectivity index (χ2v) is 9.66. The van der Waals surface area contributed by atoms with E-state index in [0.29, 0.717) is 55.5 Å². The number of likely N-dealkylation sites (tertiary alicyclic amines) is 1. The van der Waals surface area contributed by atoms with Gasteiger partial charge in [-0.25, -0.2) is 4.79 Å². The van der Waals surface area contributed by atoms with E-state index in [9.17, 15) is 9.59 Å². The fraction of sp³-hybridized carbons (Fsp3) is 0.462. The van der Waals surface area contributed by atoms with Crippen LogP contribution < -0.4 is 19.7 Å². The van der Waals surface area contributed by atoms with Crippen LogP contribution in [0.25, 0.3) is 0 Å². The maximum Gasteiger partial charge on any atom is 0.324 e. The fourth-order valence-electron chi connectivity index (χ4n) is 4.39. The average Bonchev–Trinajstić information content (AvgIpc) is 2.82. The van der Waals surface area contributed by atoms with Crippen molar-refractivity contribution in [2.45, 2.75) is 52.4 Å². The van der Waals surface area contributed by atoms with Crippen molar-refractivity contribution < 1.29 is 19.1 Å². The molecule has 4 rings (SSSR count). The summed E-state index contributed by atoms with van der Waals surface area (Å²) in [6, 6.07) is 13.0. The third-order valence-corrected chi connectivity index (χ3v) is 6.34. The minimum atomic E-state index is -0.105. The van der Waals surface area contributed by atoms with Gasteiger partial charge < -0.3 is 19.7 Å². The number of nitrogens with zero attached hydrogens (tertiary/aromatic N) is 2. The summed E-state index contributed by atoms with van der Waals surface area (Å²) >= 11 is 6.17. The standard InChI is InChI=1S/C26H32ClN3O4/c1-17(2)33-22-7-4-19(5-8-22)15-28-25(31)20-10-12-29(13-11-20)26(32)30-16-18(3)34-24-9-6-21(27)14-23(24)30/h4-9,14,17-18,20H,10-13,15-16H2,1-3H3,(H,28,31)/t18-/m1/s1. The van der Waals surface area contributed by atoms with Gasteiger partial charge in [-0.3, -0.25) is 9.69 Å². The lowest BCUT2D eigenvalue weighted by Crippen LogP contribution is -2.52. The molecule has 0 bridgehead atoms. The molecule has 2 aliphatic heterocycles. The van der Waals surface area contributed by atoms with Crippen LogP contribution in [0.5, 0.6) is 11.5 Å². The highest BCUT2D eigenvalue weighted by Crippen LogP contribution is 2.36. The number of amides is 3. The molecule has 1 atom stereocenters. The Balaban J connectivity index is 1.29. The number of carbonyl (C=O) groups is 2. The highest BCUT2D eigenvalue weighted by atomic mass is 35.5. The molecule has 0 radical (unpaired) electrons. The molecule has 0 unspecified atom stereocenters. The molecule has 0 spiro atoms. The number of benzene rings is 2. The molecule has 0 aromatic heterocycles. The lowest BCUT2D eigenvalue weighted by molar-refractivity contribution is -0.126. The zero-order valence-corrected chi connectivity index (χ0v) is 20.7. The Bertz CT molecular complexity index is 1020. The van der Waals surface area contributed by atoms with Crippen molar-refractivity contribution in [2.75, 3.05) is 24.5 Å². The van der Waals surface area contributed by atoms with Gasteiger partial charge in [0.1, 0.15) is 17.6 Å². The van der Waals surface area contributed by atoms with E-state index in [-0.39, 0.29) is 30.1 Å². The summed E-state index contributed by atoms with van der Waals surface area (Å²) in [4.78, 5) is 29.6. The average molecular weight is 486 g/mol. The molecule has 8 heteroatoms. The van der Waals surface area contributed by atoms with E-state index < -0.39 is 0 Å². The third-order valence-electron chi connectivity index (χ3n) is 6.11. The highest BCUT2D eigenvalue weighted by molar-refractivity contribution is 6.31. The van der Waals surface area contributed by atoms with Gasteiger partial charge in [-0.05, 0) is 69.5 Å². The lowest BCUT2D eigenvalue weighted by atomic mass is 9.96. The van der Waals surface area contributed by atoms with Crippen LogP contribution in [0, 0.1) is 5.92 Å². The molecule has 2 aromatic carbocycles. The van der Waals surface area contributed by atoms with Crippen LogP contribution in [-0.4, -0.2) is 48.7 Å². The molecule has 2 heterocycles. The number of hydrogen-bond acceptors (Lipinski definition) is 4. The van der Waals surface area contributed by atoms with E-state index in [4.69, 9.17) is 21.1 Å². The monoisotopic (exact) mass is 485 g/mol.